The number of rotatable bonds is 59. The minimum Gasteiger partial charge on any atom is -0.462 e. The highest BCUT2D eigenvalue weighted by Gasteiger charge is 2.19. The zero-order chi connectivity index (χ0) is 56.4. The highest BCUT2D eigenvalue weighted by atomic mass is 16.6. The maximum absolute atomic E-state index is 12.9. The van der Waals surface area contributed by atoms with Gasteiger partial charge in [0.2, 0.25) is 0 Å². The number of ether oxygens (including phenoxy) is 3. The lowest BCUT2D eigenvalue weighted by Gasteiger charge is -2.18. The van der Waals surface area contributed by atoms with E-state index < -0.39 is 6.10 Å². The second-order valence-electron chi connectivity index (χ2n) is 21.6. The molecule has 0 aliphatic carbocycles. The molecule has 0 aliphatic heterocycles. The molecular weight excluding hydrogens is 961 g/mol. The van der Waals surface area contributed by atoms with Crippen molar-refractivity contribution in [3.8, 4) is 0 Å². The zero-order valence-corrected chi connectivity index (χ0v) is 51.2. The van der Waals surface area contributed by atoms with Gasteiger partial charge in [-0.1, -0.05) is 291 Å². The van der Waals surface area contributed by atoms with E-state index in [0.29, 0.717) is 19.3 Å². The van der Waals surface area contributed by atoms with E-state index in [1.54, 1.807) is 0 Å². The fourth-order valence-electron chi connectivity index (χ4n) is 9.10. The molecular formula is C72H122O6. The lowest BCUT2D eigenvalue weighted by atomic mass is 10.0. The molecule has 0 saturated heterocycles. The number of unbranched alkanes of at least 4 members (excludes halogenated alkanes) is 30. The van der Waals surface area contributed by atoms with Gasteiger partial charge in [-0.05, 0) is 109 Å². The number of hydrogen-bond donors (Lipinski definition) is 0. The average molecular weight is 1080 g/mol. The van der Waals surface area contributed by atoms with Crippen molar-refractivity contribution < 1.29 is 28.6 Å². The first-order valence-electron chi connectivity index (χ1n) is 32.9. The van der Waals surface area contributed by atoms with Crippen molar-refractivity contribution in [1.29, 1.82) is 0 Å². The summed E-state index contributed by atoms with van der Waals surface area (Å²) in [6, 6.07) is 0. The molecule has 0 aliphatic rings. The number of carbonyl (C=O) groups excluding carboxylic acids is 3. The van der Waals surface area contributed by atoms with Crippen LogP contribution < -0.4 is 0 Å². The molecule has 0 heterocycles. The number of esters is 3. The number of carbonyl (C=O) groups is 3. The first-order valence-corrected chi connectivity index (χ1v) is 32.9. The van der Waals surface area contributed by atoms with Crippen molar-refractivity contribution in [3.63, 3.8) is 0 Å². The van der Waals surface area contributed by atoms with E-state index in [-0.39, 0.29) is 31.1 Å². The Hall–Kier alpha value is -3.93. The molecule has 0 aromatic rings. The fourth-order valence-corrected chi connectivity index (χ4v) is 9.10. The Morgan fingerprint density at radius 3 is 0.795 bits per heavy atom. The van der Waals surface area contributed by atoms with E-state index in [1.165, 1.54) is 154 Å². The highest BCUT2D eigenvalue weighted by molar-refractivity contribution is 5.71. The Morgan fingerprint density at radius 2 is 0.500 bits per heavy atom. The molecule has 1 atom stereocenters. The Bertz CT molecular complexity index is 1570. The Morgan fingerprint density at radius 1 is 0.269 bits per heavy atom. The van der Waals surface area contributed by atoms with Gasteiger partial charge >= 0.3 is 17.9 Å². The van der Waals surface area contributed by atoms with Gasteiger partial charge in [0.25, 0.3) is 0 Å². The third-order valence-electron chi connectivity index (χ3n) is 14.0. The van der Waals surface area contributed by atoms with E-state index in [0.717, 1.165) is 116 Å². The smallest absolute Gasteiger partial charge is 0.306 e. The molecule has 0 saturated carbocycles. The van der Waals surface area contributed by atoms with Crippen LogP contribution >= 0.6 is 0 Å². The van der Waals surface area contributed by atoms with Crippen LogP contribution in [0.25, 0.3) is 0 Å². The normalized spacial score (nSPS) is 12.8. The Balaban J connectivity index is 4.38. The molecule has 78 heavy (non-hydrogen) atoms. The molecule has 0 spiro atoms. The van der Waals surface area contributed by atoms with Gasteiger partial charge in [-0.2, -0.15) is 0 Å². The standard InChI is InChI=1S/C72H122O6/c1-4-7-10-13-16-19-22-25-27-29-31-33-35-36-38-39-41-43-45-47-50-53-56-59-62-65-71(74)77-68-69(67-76-70(73)64-61-58-55-52-49-24-21-18-15-12-9-6-3)78-72(75)66-63-60-57-54-51-48-46-44-42-40-37-34-32-30-28-26-23-20-17-14-11-8-5-2/h7,10,16,19,23,25-27,30-33,36,38,41,43,47,50,69H,4-6,8-9,11-15,17-18,20-22,24,28-29,34-35,37,39-40,42,44-46,48-49,51-68H2,1-3H3/b10-7-,19-16-,26-23-,27-25-,32-30-,33-31-,38-36-,43-41-,50-47-. The van der Waals surface area contributed by atoms with Crippen LogP contribution in [0.5, 0.6) is 0 Å². The lowest BCUT2D eigenvalue weighted by Crippen LogP contribution is -2.30. The number of allylic oxidation sites excluding steroid dienone is 18. The topological polar surface area (TPSA) is 78.9 Å². The Kier molecular flexibility index (Phi) is 62.3. The molecule has 0 radical (unpaired) electrons. The van der Waals surface area contributed by atoms with Crippen LogP contribution in [0.2, 0.25) is 0 Å². The molecule has 0 N–H and O–H groups in total. The summed E-state index contributed by atoms with van der Waals surface area (Å²) < 4.78 is 16.9. The van der Waals surface area contributed by atoms with Crippen LogP contribution in [0.1, 0.15) is 310 Å². The van der Waals surface area contributed by atoms with Crippen molar-refractivity contribution in [2.75, 3.05) is 13.2 Å². The third-order valence-corrected chi connectivity index (χ3v) is 14.0. The summed E-state index contributed by atoms with van der Waals surface area (Å²) in [5.74, 6) is -0.916. The van der Waals surface area contributed by atoms with E-state index in [9.17, 15) is 14.4 Å². The van der Waals surface area contributed by atoms with Gasteiger partial charge < -0.3 is 14.2 Å². The number of hydrogen-bond acceptors (Lipinski definition) is 6. The first kappa shape index (κ1) is 74.1. The fraction of sp³-hybridized carbons (Fsp3) is 0.708. The van der Waals surface area contributed by atoms with Gasteiger partial charge in [-0.25, -0.2) is 0 Å². The van der Waals surface area contributed by atoms with Gasteiger partial charge in [0.05, 0.1) is 0 Å². The van der Waals surface area contributed by atoms with Crippen molar-refractivity contribution in [2.24, 2.45) is 0 Å². The lowest BCUT2D eigenvalue weighted by molar-refractivity contribution is -0.167. The molecule has 6 heteroatoms. The van der Waals surface area contributed by atoms with E-state index >= 15 is 0 Å². The van der Waals surface area contributed by atoms with Crippen LogP contribution in [0.4, 0.5) is 0 Å². The maximum Gasteiger partial charge on any atom is 0.306 e. The summed E-state index contributed by atoms with van der Waals surface area (Å²) in [5, 5.41) is 0. The molecule has 446 valence electrons. The summed E-state index contributed by atoms with van der Waals surface area (Å²) >= 11 is 0. The van der Waals surface area contributed by atoms with Crippen molar-refractivity contribution >= 4 is 17.9 Å². The van der Waals surface area contributed by atoms with E-state index in [1.807, 2.05) is 0 Å². The largest absolute Gasteiger partial charge is 0.462 e. The van der Waals surface area contributed by atoms with E-state index in [2.05, 4.69) is 130 Å². The van der Waals surface area contributed by atoms with Gasteiger partial charge in [0.1, 0.15) is 13.2 Å². The van der Waals surface area contributed by atoms with Gasteiger partial charge in [-0.3, -0.25) is 14.4 Å². The van der Waals surface area contributed by atoms with Crippen LogP contribution in [0.15, 0.2) is 109 Å². The quantitative estimate of drug-likeness (QED) is 0.0261. The minimum absolute atomic E-state index is 0.0880. The first-order chi connectivity index (χ1) is 38.5. The predicted octanol–water partition coefficient (Wildman–Crippen LogP) is 22.6. The van der Waals surface area contributed by atoms with Crippen molar-refractivity contribution in [3.05, 3.63) is 109 Å². The summed E-state index contributed by atoms with van der Waals surface area (Å²) in [5.41, 5.74) is 0. The summed E-state index contributed by atoms with van der Waals surface area (Å²) in [6.45, 7) is 6.51. The monoisotopic (exact) mass is 1080 g/mol. The average Bonchev–Trinajstić information content (AvgIpc) is 3.44. The molecule has 0 rings (SSSR count). The van der Waals surface area contributed by atoms with Gasteiger partial charge in [0, 0.05) is 19.3 Å². The second-order valence-corrected chi connectivity index (χ2v) is 21.6. The van der Waals surface area contributed by atoms with Gasteiger partial charge in [-0.15, -0.1) is 0 Å². The highest BCUT2D eigenvalue weighted by Crippen LogP contribution is 2.16. The molecule has 0 aromatic carbocycles. The summed E-state index contributed by atoms with van der Waals surface area (Å²) in [7, 11) is 0. The second kappa shape index (κ2) is 65.6. The maximum atomic E-state index is 12.9. The van der Waals surface area contributed by atoms with Gasteiger partial charge in [0.15, 0.2) is 6.10 Å². The minimum atomic E-state index is -0.794. The van der Waals surface area contributed by atoms with Crippen LogP contribution in [-0.4, -0.2) is 37.2 Å². The molecule has 0 amide bonds. The molecule has 0 bridgehead atoms. The van der Waals surface area contributed by atoms with Crippen molar-refractivity contribution in [2.45, 2.75) is 316 Å². The van der Waals surface area contributed by atoms with Crippen LogP contribution in [0, 0.1) is 0 Å². The molecule has 0 fully saturated rings. The molecule has 6 nitrogen and oxygen atoms in total. The third kappa shape index (κ3) is 62.9. The molecule has 0 aromatic heterocycles. The van der Waals surface area contributed by atoms with Crippen LogP contribution in [-0.2, 0) is 28.6 Å². The Labute approximate surface area is 482 Å². The van der Waals surface area contributed by atoms with Crippen LogP contribution in [0.3, 0.4) is 0 Å². The molecule has 1 unspecified atom stereocenters. The predicted molar refractivity (Wildman–Crippen MR) is 339 cm³/mol. The zero-order valence-electron chi connectivity index (χ0n) is 51.2. The SMILES string of the molecule is CC/C=C\C/C=C\C/C=C\C/C=C\C/C=C\C/C=C\C/C=C\CCCCCC(=O)OCC(COC(=O)CCCCCCCCCCCCCC)OC(=O)CCCCCCCCCCCCC/C=C\C/C=C\CCCCCCC. The van der Waals surface area contributed by atoms with E-state index in [4.69, 9.17) is 14.2 Å². The van der Waals surface area contributed by atoms with Crippen molar-refractivity contribution in [1.82, 2.24) is 0 Å². The summed E-state index contributed by atoms with van der Waals surface area (Å²) in [6.07, 6.45) is 89.5. The summed E-state index contributed by atoms with van der Waals surface area (Å²) in [4.78, 5) is 38.3.